The number of carbonyl (C=O) groups is 4. The van der Waals surface area contributed by atoms with Gasteiger partial charge in [-0.25, -0.2) is 19.2 Å². The van der Waals surface area contributed by atoms with Crippen LogP contribution in [-0.4, -0.2) is 66.0 Å². The predicted octanol–water partition coefficient (Wildman–Crippen LogP) is 0.717. The van der Waals surface area contributed by atoms with Gasteiger partial charge >= 0.3 is 23.9 Å². The molecule has 25 heavy (non-hydrogen) atoms. The molecule has 4 unspecified atom stereocenters. The molecule has 0 fully saturated rings. The van der Waals surface area contributed by atoms with Gasteiger partial charge in [-0.2, -0.15) is 0 Å². The van der Waals surface area contributed by atoms with E-state index in [1.165, 1.54) is 0 Å². The van der Waals surface area contributed by atoms with Crippen molar-refractivity contribution in [3.63, 3.8) is 0 Å². The predicted molar refractivity (Wildman–Crippen MR) is 79.1 cm³/mol. The minimum absolute atomic E-state index is 0.649. The van der Waals surface area contributed by atoms with Crippen LogP contribution in [0, 0.1) is 0 Å². The quantitative estimate of drug-likeness (QED) is 0.296. The molecule has 0 aliphatic carbocycles. The number of ether oxygens (including phenoxy) is 3. The van der Waals surface area contributed by atoms with Crippen molar-refractivity contribution in [2.45, 2.75) is 49.4 Å². The van der Waals surface area contributed by atoms with E-state index in [0.29, 0.717) is 13.8 Å². The maximum Gasteiger partial charge on any atom is 0.364 e. The topological polar surface area (TPSA) is 177 Å². The number of hydrogen-bond donors (Lipinski definition) is 4. The van der Waals surface area contributed by atoms with Gasteiger partial charge < -0.3 is 29.9 Å². The summed E-state index contributed by atoms with van der Waals surface area (Å²) in [5.41, 5.74) is 0. The lowest BCUT2D eigenvalue weighted by Crippen LogP contribution is -2.58. The van der Waals surface area contributed by atoms with Crippen molar-refractivity contribution >= 4 is 47.1 Å². The molecule has 0 rings (SSSR count). The zero-order chi connectivity index (χ0) is 20.4. The molecule has 0 amide bonds. The second-order valence-corrected chi connectivity index (χ2v) is 6.69. The summed E-state index contributed by atoms with van der Waals surface area (Å²) in [4.78, 5) is 44.8. The summed E-state index contributed by atoms with van der Waals surface area (Å²) in [5, 5.41) is 31.0. The van der Waals surface area contributed by atoms with Gasteiger partial charge in [-0.1, -0.05) is 23.2 Å². The summed E-state index contributed by atoms with van der Waals surface area (Å²) in [7, 11) is 0. The Bertz CT molecular complexity index is 538. The van der Waals surface area contributed by atoms with E-state index in [4.69, 9.17) is 38.2 Å². The Labute approximate surface area is 151 Å². The van der Waals surface area contributed by atoms with Crippen LogP contribution >= 0.6 is 23.2 Å². The van der Waals surface area contributed by atoms with Gasteiger partial charge in [0.15, 0.2) is 0 Å². The number of rotatable bonds is 10. The fourth-order valence-corrected chi connectivity index (χ4v) is 1.70. The van der Waals surface area contributed by atoms with E-state index in [0.717, 1.165) is 13.8 Å². The third-order valence-electron chi connectivity index (χ3n) is 2.70. The summed E-state index contributed by atoms with van der Waals surface area (Å²) in [6.07, 6.45) is 0. The van der Waals surface area contributed by atoms with Gasteiger partial charge in [0.05, 0.1) is 0 Å². The highest BCUT2D eigenvalue weighted by Gasteiger charge is 2.55. The Morgan fingerprint density at radius 2 is 0.840 bits per heavy atom. The molecule has 0 saturated carbocycles. The van der Waals surface area contributed by atoms with E-state index in [2.05, 4.69) is 9.47 Å². The molecular weight excluding hydrogens is 391 g/mol. The van der Waals surface area contributed by atoms with Crippen LogP contribution < -0.4 is 0 Å². The molecule has 144 valence electrons. The normalized spacial score (nSPS) is 21.0. The van der Waals surface area contributed by atoms with Crippen LogP contribution in [0.3, 0.4) is 0 Å². The number of carboxylic acid groups (broad SMARTS) is 4. The molecule has 0 aromatic heterocycles. The second kappa shape index (κ2) is 7.30. The fraction of sp³-hybridized carbons (Fsp3) is 0.667. The molecule has 4 atom stereocenters. The molecule has 0 saturated heterocycles. The van der Waals surface area contributed by atoms with Gasteiger partial charge in [-0.05, 0) is 13.8 Å². The molecule has 11 nitrogen and oxygen atoms in total. The summed E-state index contributed by atoms with van der Waals surface area (Å²) in [5.74, 6) is -13.5. The van der Waals surface area contributed by atoms with Gasteiger partial charge in [0, 0.05) is 13.8 Å². The van der Waals surface area contributed by atoms with Crippen LogP contribution in [0.25, 0.3) is 0 Å². The van der Waals surface area contributed by atoms with Crippen molar-refractivity contribution in [3.05, 3.63) is 0 Å². The largest absolute Gasteiger partial charge is 0.478 e. The van der Waals surface area contributed by atoms with Crippen molar-refractivity contribution in [1.29, 1.82) is 0 Å². The first kappa shape index (κ1) is 23.3. The molecule has 13 heteroatoms. The maximum atomic E-state index is 11.4. The lowest BCUT2D eigenvalue weighted by Gasteiger charge is -2.38. The van der Waals surface area contributed by atoms with Crippen molar-refractivity contribution in [3.8, 4) is 0 Å². The molecular formula is C12H16Cl2O11. The molecule has 0 aromatic rings. The number of carboxylic acids is 4. The third kappa shape index (κ3) is 5.68. The zero-order valence-corrected chi connectivity index (χ0v) is 14.9. The van der Waals surface area contributed by atoms with Crippen LogP contribution in [0.1, 0.15) is 27.7 Å². The molecule has 0 radical (unpaired) electrons. The average molecular weight is 407 g/mol. The van der Waals surface area contributed by atoms with E-state index >= 15 is 0 Å². The number of halogens is 2. The maximum absolute atomic E-state index is 11.4. The molecule has 4 N–H and O–H groups in total. The summed E-state index contributed by atoms with van der Waals surface area (Å²) >= 11 is 11.0. The van der Waals surface area contributed by atoms with Gasteiger partial charge in [0.2, 0.25) is 10.1 Å². The van der Waals surface area contributed by atoms with Crippen LogP contribution in [0.15, 0.2) is 0 Å². The van der Waals surface area contributed by atoms with E-state index < -0.39 is 45.6 Å². The zero-order valence-electron chi connectivity index (χ0n) is 13.4. The van der Waals surface area contributed by atoms with Crippen molar-refractivity contribution in [2.75, 3.05) is 0 Å². The van der Waals surface area contributed by atoms with Crippen molar-refractivity contribution in [2.24, 2.45) is 0 Å². The van der Waals surface area contributed by atoms with Crippen LogP contribution in [0.5, 0.6) is 0 Å². The molecule has 0 spiro atoms. The van der Waals surface area contributed by atoms with E-state index in [9.17, 15) is 29.4 Å². The van der Waals surface area contributed by atoms with E-state index in [-0.39, 0.29) is 0 Å². The van der Waals surface area contributed by atoms with E-state index in [1.807, 2.05) is 0 Å². The monoisotopic (exact) mass is 406 g/mol. The minimum Gasteiger partial charge on any atom is -0.478 e. The average Bonchev–Trinajstić information content (AvgIpc) is 2.35. The third-order valence-corrected chi connectivity index (χ3v) is 3.18. The van der Waals surface area contributed by atoms with Gasteiger partial charge in [-0.15, -0.1) is 0 Å². The van der Waals surface area contributed by atoms with Gasteiger partial charge in [0.25, 0.3) is 11.6 Å². The standard InChI is InChI=1S/C12H16Cl2O11/c1-9(13,5(15)16)23-11(3,7(19)20)25-12(4,8(21)22)24-10(2,14)6(17)18/h1-4H3,(H,15,16)(H,17,18)(H,19,20)(H,21,22). The minimum atomic E-state index is -2.96. The highest BCUT2D eigenvalue weighted by atomic mass is 35.5. The first-order valence-electron chi connectivity index (χ1n) is 6.31. The summed E-state index contributed by atoms with van der Waals surface area (Å²) in [6.45, 7) is 2.83. The van der Waals surface area contributed by atoms with Crippen molar-refractivity contribution in [1.82, 2.24) is 0 Å². The number of aliphatic carboxylic acids is 4. The van der Waals surface area contributed by atoms with Gasteiger partial charge in [0.1, 0.15) is 0 Å². The lowest BCUT2D eigenvalue weighted by atomic mass is 10.2. The van der Waals surface area contributed by atoms with E-state index in [1.54, 1.807) is 0 Å². The molecule has 0 heterocycles. The smallest absolute Gasteiger partial charge is 0.364 e. The molecule has 0 aliphatic rings. The Morgan fingerprint density at radius 3 is 1.00 bits per heavy atom. The summed E-state index contributed by atoms with van der Waals surface area (Å²) < 4.78 is 14.1. The fourth-order valence-electron chi connectivity index (χ4n) is 1.41. The lowest BCUT2D eigenvalue weighted by molar-refractivity contribution is -0.349. The summed E-state index contributed by atoms with van der Waals surface area (Å²) in [6, 6.07) is 0. The Kier molecular flexibility index (Phi) is 6.81. The molecule has 0 bridgehead atoms. The first-order chi connectivity index (χ1) is 10.9. The highest BCUT2D eigenvalue weighted by molar-refractivity contribution is 6.32. The Hall–Kier alpha value is -1.66. The van der Waals surface area contributed by atoms with Gasteiger partial charge in [-0.3, -0.25) is 4.74 Å². The molecule has 0 aliphatic heterocycles. The van der Waals surface area contributed by atoms with Crippen LogP contribution in [0.4, 0.5) is 0 Å². The Morgan fingerprint density at radius 1 is 0.600 bits per heavy atom. The van der Waals surface area contributed by atoms with Crippen LogP contribution in [0.2, 0.25) is 0 Å². The molecule has 0 aromatic carbocycles. The SMILES string of the molecule is CC(Cl)(OC(C)(OC(C)(OC(C)(Cl)C(=O)O)C(=O)O)C(=O)O)C(=O)O. The Balaban J connectivity index is 5.91. The number of alkyl halides is 2. The second-order valence-electron chi connectivity index (χ2n) is 5.25. The van der Waals surface area contributed by atoms with Crippen molar-refractivity contribution < 1.29 is 53.8 Å². The first-order valence-corrected chi connectivity index (χ1v) is 7.07. The highest BCUT2D eigenvalue weighted by Crippen LogP contribution is 2.34. The number of hydrogen-bond acceptors (Lipinski definition) is 7. The van der Waals surface area contributed by atoms with Crippen LogP contribution in [-0.2, 0) is 33.4 Å².